The molecule has 0 fully saturated rings. The van der Waals surface area contributed by atoms with Crippen LogP contribution in [0.15, 0.2) is 33.9 Å². The van der Waals surface area contributed by atoms with Gasteiger partial charge in [-0.2, -0.15) is 0 Å². The van der Waals surface area contributed by atoms with E-state index in [2.05, 4.69) is 30.8 Å². The molecular weight excluding hydrogens is 346 g/mol. The van der Waals surface area contributed by atoms with Crippen molar-refractivity contribution < 1.29 is 8.42 Å². The summed E-state index contributed by atoms with van der Waals surface area (Å²) in [6.45, 7) is 2.69. The summed E-state index contributed by atoms with van der Waals surface area (Å²) in [5, 5.41) is 7.62. The van der Waals surface area contributed by atoms with Gasteiger partial charge in [0.15, 0.2) is 0 Å². The highest BCUT2D eigenvalue weighted by atomic mass is 79.9. The number of halogens is 1. The van der Waals surface area contributed by atoms with E-state index in [1.54, 1.807) is 10.9 Å². The van der Waals surface area contributed by atoms with Gasteiger partial charge >= 0.3 is 0 Å². The number of anilines is 1. The van der Waals surface area contributed by atoms with E-state index in [0.717, 1.165) is 0 Å². The van der Waals surface area contributed by atoms with Gasteiger partial charge in [0.05, 0.1) is 11.4 Å². The Bertz CT molecular complexity index is 713. The van der Waals surface area contributed by atoms with Crippen LogP contribution in [0.2, 0.25) is 0 Å². The standard InChI is InChI=1S/C11H14BrN5O2S/c1-2-17-7-14-16-11(17)6-15-20(18,19)8-3-4-10(13)9(12)5-8/h3-5,7,15H,2,6,13H2,1H3. The molecule has 0 spiro atoms. The van der Waals surface area contributed by atoms with E-state index in [-0.39, 0.29) is 11.4 Å². The van der Waals surface area contributed by atoms with Gasteiger partial charge in [-0.3, -0.25) is 0 Å². The number of hydrogen-bond acceptors (Lipinski definition) is 5. The maximum Gasteiger partial charge on any atom is 0.241 e. The lowest BCUT2D eigenvalue weighted by Crippen LogP contribution is -2.25. The van der Waals surface area contributed by atoms with E-state index in [0.29, 0.717) is 22.5 Å². The minimum atomic E-state index is -3.62. The number of aryl methyl sites for hydroxylation is 1. The molecule has 1 heterocycles. The number of rotatable bonds is 5. The van der Waals surface area contributed by atoms with Crippen molar-refractivity contribution in [2.75, 3.05) is 5.73 Å². The average Bonchev–Trinajstić information content (AvgIpc) is 2.87. The molecule has 0 aliphatic rings. The highest BCUT2D eigenvalue weighted by Crippen LogP contribution is 2.22. The third kappa shape index (κ3) is 3.17. The first kappa shape index (κ1) is 14.9. The predicted octanol–water partition coefficient (Wildman–Crippen LogP) is 1.12. The topological polar surface area (TPSA) is 103 Å². The molecule has 9 heteroatoms. The van der Waals surface area contributed by atoms with Crippen LogP contribution in [0.1, 0.15) is 12.7 Å². The lowest BCUT2D eigenvalue weighted by molar-refractivity contribution is 0.575. The van der Waals surface area contributed by atoms with Crippen molar-refractivity contribution in [3.63, 3.8) is 0 Å². The summed E-state index contributed by atoms with van der Waals surface area (Å²) in [4.78, 5) is 0.140. The molecule has 0 aliphatic carbocycles. The van der Waals surface area contributed by atoms with Crippen molar-refractivity contribution in [3.05, 3.63) is 34.8 Å². The summed E-state index contributed by atoms with van der Waals surface area (Å²) in [5.41, 5.74) is 6.12. The molecular formula is C11H14BrN5O2S. The quantitative estimate of drug-likeness (QED) is 0.778. The molecule has 0 bridgehead atoms. The van der Waals surface area contributed by atoms with Crippen LogP contribution in [-0.2, 0) is 23.1 Å². The molecule has 0 unspecified atom stereocenters. The molecule has 1 aromatic carbocycles. The third-order valence-corrected chi connectivity index (χ3v) is 4.82. The molecule has 20 heavy (non-hydrogen) atoms. The maximum absolute atomic E-state index is 12.2. The number of nitrogens with two attached hydrogens (primary N) is 1. The summed E-state index contributed by atoms with van der Waals surface area (Å²) < 4.78 is 29.1. The smallest absolute Gasteiger partial charge is 0.241 e. The van der Waals surface area contributed by atoms with Crippen LogP contribution in [0.4, 0.5) is 5.69 Å². The van der Waals surface area contributed by atoms with Crippen molar-refractivity contribution >= 4 is 31.6 Å². The van der Waals surface area contributed by atoms with Gasteiger partial charge in [0, 0.05) is 16.7 Å². The van der Waals surface area contributed by atoms with Gasteiger partial charge in [-0.15, -0.1) is 10.2 Å². The van der Waals surface area contributed by atoms with Gasteiger partial charge in [-0.05, 0) is 41.1 Å². The first-order valence-electron chi connectivity index (χ1n) is 5.85. The molecule has 0 aliphatic heterocycles. The molecule has 2 aromatic rings. The molecule has 3 N–H and O–H groups in total. The largest absolute Gasteiger partial charge is 0.398 e. The van der Waals surface area contributed by atoms with Crippen LogP contribution in [0.25, 0.3) is 0 Å². The van der Waals surface area contributed by atoms with Gasteiger partial charge in [-0.1, -0.05) is 0 Å². The summed E-state index contributed by atoms with van der Waals surface area (Å²) in [6.07, 6.45) is 1.56. The normalized spacial score (nSPS) is 11.7. The molecule has 108 valence electrons. The van der Waals surface area contributed by atoms with E-state index >= 15 is 0 Å². The second kappa shape index (κ2) is 5.90. The lowest BCUT2D eigenvalue weighted by Gasteiger charge is -2.08. The van der Waals surface area contributed by atoms with Crippen LogP contribution in [-0.4, -0.2) is 23.2 Å². The second-order valence-corrected chi connectivity index (χ2v) is 6.66. The fourth-order valence-corrected chi connectivity index (χ4v) is 3.13. The van der Waals surface area contributed by atoms with Crippen molar-refractivity contribution in [2.24, 2.45) is 0 Å². The molecule has 7 nitrogen and oxygen atoms in total. The van der Waals surface area contributed by atoms with Gasteiger partial charge in [0.2, 0.25) is 10.0 Å². The van der Waals surface area contributed by atoms with Crippen molar-refractivity contribution in [3.8, 4) is 0 Å². The third-order valence-electron chi connectivity index (χ3n) is 2.74. The Kier molecular flexibility index (Phi) is 4.41. The monoisotopic (exact) mass is 359 g/mol. The Morgan fingerprint density at radius 3 is 2.85 bits per heavy atom. The zero-order valence-electron chi connectivity index (χ0n) is 10.7. The fraction of sp³-hybridized carbons (Fsp3) is 0.273. The Labute approximate surface area is 125 Å². The SMILES string of the molecule is CCn1cnnc1CNS(=O)(=O)c1ccc(N)c(Br)c1. The van der Waals surface area contributed by atoms with E-state index in [1.807, 2.05) is 6.92 Å². The van der Waals surface area contributed by atoms with Crippen LogP contribution < -0.4 is 10.5 Å². The van der Waals surface area contributed by atoms with Crippen LogP contribution in [0.3, 0.4) is 0 Å². The maximum atomic E-state index is 12.2. The van der Waals surface area contributed by atoms with Crippen LogP contribution >= 0.6 is 15.9 Å². The first-order chi connectivity index (χ1) is 9.44. The fourth-order valence-electron chi connectivity index (χ4n) is 1.60. The zero-order chi connectivity index (χ0) is 14.8. The van der Waals surface area contributed by atoms with Gasteiger partial charge < -0.3 is 10.3 Å². The summed E-state index contributed by atoms with van der Waals surface area (Å²) in [6, 6.07) is 4.45. The molecule has 0 amide bonds. The van der Waals surface area contributed by atoms with Gasteiger partial charge in [0.25, 0.3) is 0 Å². The Balaban J connectivity index is 2.17. The lowest BCUT2D eigenvalue weighted by atomic mass is 10.3. The van der Waals surface area contributed by atoms with E-state index in [4.69, 9.17) is 5.73 Å². The number of sulfonamides is 1. The van der Waals surface area contributed by atoms with Gasteiger partial charge in [-0.25, -0.2) is 13.1 Å². The van der Waals surface area contributed by atoms with Crippen molar-refractivity contribution in [1.82, 2.24) is 19.5 Å². The molecule has 0 atom stereocenters. The summed E-state index contributed by atoms with van der Waals surface area (Å²) >= 11 is 3.21. The highest BCUT2D eigenvalue weighted by Gasteiger charge is 2.16. The highest BCUT2D eigenvalue weighted by molar-refractivity contribution is 9.10. The molecule has 0 saturated heterocycles. The van der Waals surface area contributed by atoms with E-state index in [9.17, 15) is 8.42 Å². The summed E-state index contributed by atoms with van der Waals surface area (Å²) in [5.74, 6) is 0.561. The van der Waals surface area contributed by atoms with Crippen molar-refractivity contribution in [2.45, 2.75) is 24.9 Å². The van der Waals surface area contributed by atoms with E-state index < -0.39 is 10.0 Å². The number of nitrogens with zero attached hydrogens (tertiary/aromatic N) is 3. The van der Waals surface area contributed by atoms with E-state index in [1.165, 1.54) is 18.2 Å². The van der Waals surface area contributed by atoms with Crippen molar-refractivity contribution in [1.29, 1.82) is 0 Å². The first-order valence-corrected chi connectivity index (χ1v) is 8.13. The predicted molar refractivity (Wildman–Crippen MR) is 78.3 cm³/mol. The number of nitrogens with one attached hydrogen (secondary N) is 1. The molecule has 1 aromatic heterocycles. The minimum absolute atomic E-state index is 0.0815. The minimum Gasteiger partial charge on any atom is -0.398 e. The zero-order valence-corrected chi connectivity index (χ0v) is 13.1. The molecule has 2 rings (SSSR count). The Morgan fingerprint density at radius 2 is 2.20 bits per heavy atom. The molecule has 0 radical (unpaired) electrons. The number of aromatic nitrogens is 3. The Morgan fingerprint density at radius 1 is 1.45 bits per heavy atom. The number of benzene rings is 1. The second-order valence-electron chi connectivity index (χ2n) is 4.04. The average molecular weight is 360 g/mol. The summed E-state index contributed by atoms with van der Waals surface area (Å²) in [7, 11) is -3.62. The van der Waals surface area contributed by atoms with Crippen LogP contribution in [0, 0.1) is 0 Å². The number of hydrogen-bond donors (Lipinski definition) is 2. The van der Waals surface area contributed by atoms with Crippen LogP contribution in [0.5, 0.6) is 0 Å². The number of nitrogen functional groups attached to an aromatic ring is 1. The Hall–Kier alpha value is -1.45. The molecule has 0 saturated carbocycles. The van der Waals surface area contributed by atoms with Gasteiger partial charge in [0.1, 0.15) is 12.2 Å².